The summed E-state index contributed by atoms with van der Waals surface area (Å²) in [6, 6.07) is 11.2. The van der Waals surface area contributed by atoms with Crippen molar-refractivity contribution >= 4 is 21.4 Å². The Hall–Kier alpha value is -1.21. The summed E-state index contributed by atoms with van der Waals surface area (Å²) in [5, 5.41) is 0. The van der Waals surface area contributed by atoms with E-state index in [-0.39, 0.29) is 0 Å². The van der Waals surface area contributed by atoms with E-state index in [0.717, 1.165) is 16.0 Å². The molecule has 0 radical (unpaired) electrons. The fourth-order valence-electron chi connectivity index (χ4n) is 1.80. The molecule has 4 nitrogen and oxygen atoms in total. The summed E-state index contributed by atoms with van der Waals surface area (Å²) in [4.78, 5) is 0.868. The maximum atomic E-state index is 12.4. The van der Waals surface area contributed by atoms with Crippen molar-refractivity contribution in [2.24, 2.45) is 5.73 Å². The van der Waals surface area contributed by atoms with Crippen molar-refractivity contribution in [1.82, 2.24) is 4.31 Å². The highest BCUT2D eigenvalue weighted by molar-refractivity contribution is 7.91. The normalized spacial score (nSPS) is 12.0. The second kappa shape index (κ2) is 6.05. The van der Waals surface area contributed by atoms with Crippen LogP contribution in [0.5, 0.6) is 0 Å². The molecular weight excluding hydrogens is 292 g/mol. The Morgan fingerprint density at radius 1 is 1.15 bits per heavy atom. The van der Waals surface area contributed by atoms with Crippen molar-refractivity contribution in [3.63, 3.8) is 0 Å². The van der Waals surface area contributed by atoms with Crippen molar-refractivity contribution in [2.45, 2.75) is 24.2 Å². The molecule has 0 aliphatic heterocycles. The number of aryl methyl sites for hydroxylation is 1. The predicted molar refractivity (Wildman–Crippen MR) is 82.0 cm³/mol. The molecule has 0 amide bonds. The van der Waals surface area contributed by atoms with Gasteiger partial charge in [0.05, 0.1) is 0 Å². The van der Waals surface area contributed by atoms with Crippen LogP contribution >= 0.6 is 11.3 Å². The maximum absolute atomic E-state index is 12.4. The van der Waals surface area contributed by atoms with Crippen LogP contribution in [0.1, 0.15) is 16.0 Å². The van der Waals surface area contributed by atoms with Crippen molar-refractivity contribution in [3.05, 3.63) is 52.4 Å². The molecule has 1 heterocycles. The van der Waals surface area contributed by atoms with Gasteiger partial charge < -0.3 is 5.73 Å². The predicted octanol–water partition coefficient (Wildman–Crippen LogP) is 2.34. The zero-order valence-corrected chi connectivity index (χ0v) is 13.2. The van der Waals surface area contributed by atoms with E-state index in [9.17, 15) is 8.42 Å². The van der Waals surface area contributed by atoms with Gasteiger partial charge in [0.1, 0.15) is 4.21 Å². The van der Waals surface area contributed by atoms with Crippen LogP contribution in [0.4, 0.5) is 0 Å². The zero-order chi connectivity index (χ0) is 14.8. The van der Waals surface area contributed by atoms with Crippen LogP contribution in [0, 0.1) is 6.92 Å². The van der Waals surface area contributed by atoms with Gasteiger partial charge in [-0.05, 0) is 24.6 Å². The largest absolute Gasteiger partial charge is 0.326 e. The van der Waals surface area contributed by atoms with E-state index < -0.39 is 10.0 Å². The first kappa shape index (κ1) is 15.2. The highest BCUT2D eigenvalue weighted by Crippen LogP contribution is 2.25. The highest BCUT2D eigenvalue weighted by Gasteiger charge is 2.22. The fraction of sp³-hybridized carbons (Fsp3) is 0.286. The fourth-order valence-corrected chi connectivity index (χ4v) is 4.40. The molecule has 0 aliphatic carbocycles. The molecule has 0 unspecified atom stereocenters. The van der Waals surface area contributed by atoms with Gasteiger partial charge in [0.15, 0.2) is 0 Å². The molecule has 0 bridgehead atoms. The van der Waals surface area contributed by atoms with Crippen molar-refractivity contribution in [3.8, 4) is 0 Å². The van der Waals surface area contributed by atoms with Gasteiger partial charge in [-0.15, -0.1) is 11.3 Å². The Morgan fingerprint density at radius 2 is 1.80 bits per heavy atom. The van der Waals surface area contributed by atoms with E-state index >= 15 is 0 Å². The van der Waals surface area contributed by atoms with E-state index in [1.807, 2.05) is 31.2 Å². The van der Waals surface area contributed by atoms with Crippen LogP contribution in [0.3, 0.4) is 0 Å². The minimum absolute atomic E-state index is 0.340. The second-order valence-corrected chi connectivity index (χ2v) is 8.11. The number of benzene rings is 1. The molecule has 0 fully saturated rings. The monoisotopic (exact) mass is 310 g/mol. The van der Waals surface area contributed by atoms with E-state index in [0.29, 0.717) is 17.3 Å². The van der Waals surface area contributed by atoms with Crippen LogP contribution < -0.4 is 5.73 Å². The Balaban J connectivity index is 2.18. The van der Waals surface area contributed by atoms with Gasteiger partial charge in [-0.2, -0.15) is 4.31 Å². The third-order valence-corrected chi connectivity index (χ3v) is 6.41. The summed E-state index contributed by atoms with van der Waals surface area (Å²) in [7, 11) is -1.85. The van der Waals surface area contributed by atoms with Gasteiger partial charge in [0.2, 0.25) is 0 Å². The average Bonchev–Trinajstić information content (AvgIpc) is 2.90. The summed E-state index contributed by atoms with van der Waals surface area (Å²) in [6.45, 7) is 2.73. The number of hydrogen-bond donors (Lipinski definition) is 1. The molecule has 108 valence electrons. The molecule has 0 saturated carbocycles. The first-order valence-electron chi connectivity index (χ1n) is 6.24. The summed E-state index contributed by atoms with van der Waals surface area (Å²) in [5.74, 6) is 0. The lowest BCUT2D eigenvalue weighted by molar-refractivity contribution is 0.468. The first-order valence-corrected chi connectivity index (χ1v) is 8.50. The van der Waals surface area contributed by atoms with E-state index in [4.69, 9.17) is 5.73 Å². The topological polar surface area (TPSA) is 63.4 Å². The Labute approximate surface area is 123 Å². The second-order valence-electron chi connectivity index (χ2n) is 4.67. The van der Waals surface area contributed by atoms with E-state index in [1.54, 1.807) is 19.2 Å². The average molecular weight is 310 g/mol. The summed E-state index contributed by atoms with van der Waals surface area (Å²) in [5.41, 5.74) is 7.65. The van der Waals surface area contributed by atoms with Gasteiger partial charge >= 0.3 is 0 Å². The summed E-state index contributed by atoms with van der Waals surface area (Å²) in [6.07, 6.45) is 0. The Morgan fingerprint density at radius 3 is 2.35 bits per heavy atom. The van der Waals surface area contributed by atoms with Crippen LogP contribution in [0.15, 0.2) is 40.6 Å². The minimum Gasteiger partial charge on any atom is -0.326 e. The zero-order valence-electron chi connectivity index (χ0n) is 11.5. The minimum atomic E-state index is -3.44. The number of thiophene rings is 1. The smallest absolute Gasteiger partial charge is 0.252 e. The van der Waals surface area contributed by atoms with Gasteiger partial charge in [-0.3, -0.25) is 0 Å². The lowest BCUT2D eigenvalue weighted by atomic mass is 10.1. The molecule has 2 aromatic rings. The lowest BCUT2D eigenvalue weighted by Gasteiger charge is -2.16. The highest BCUT2D eigenvalue weighted by atomic mass is 32.2. The molecule has 0 saturated heterocycles. The molecule has 2 rings (SSSR count). The maximum Gasteiger partial charge on any atom is 0.252 e. The van der Waals surface area contributed by atoms with Gasteiger partial charge in [0, 0.05) is 25.0 Å². The number of rotatable bonds is 5. The van der Waals surface area contributed by atoms with Crippen molar-refractivity contribution in [2.75, 3.05) is 7.05 Å². The SMILES string of the molecule is Cc1ccc(CN(C)S(=O)(=O)c2ccc(CN)s2)cc1. The molecular formula is C14H18N2O2S2. The van der Waals surface area contributed by atoms with Gasteiger partial charge in [-0.1, -0.05) is 29.8 Å². The molecule has 0 aliphatic rings. The number of nitrogens with two attached hydrogens (primary N) is 1. The van der Waals surface area contributed by atoms with Gasteiger partial charge in [0.25, 0.3) is 10.0 Å². The molecule has 20 heavy (non-hydrogen) atoms. The van der Waals surface area contributed by atoms with Crippen LogP contribution in [-0.4, -0.2) is 19.8 Å². The molecule has 2 N–H and O–H groups in total. The Bertz CT molecular complexity index is 675. The van der Waals surface area contributed by atoms with E-state index in [2.05, 4.69) is 0 Å². The molecule has 1 aromatic carbocycles. The van der Waals surface area contributed by atoms with Crippen LogP contribution in [0.25, 0.3) is 0 Å². The van der Waals surface area contributed by atoms with Crippen LogP contribution in [-0.2, 0) is 23.1 Å². The first-order chi connectivity index (χ1) is 9.43. The van der Waals surface area contributed by atoms with Crippen LogP contribution in [0.2, 0.25) is 0 Å². The third kappa shape index (κ3) is 3.27. The summed E-state index contributed by atoms with van der Waals surface area (Å²) >= 11 is 1.23. The molecule has 1 aromatic heterocycles. The molecule has 0 atom stereocenters. The van der Waals surface area contributed by atoms with Crippen molar-refractivity contribution in [1.29, 1.82) is 0 Å². The molecule has 0 spiro atoms. The standard InChI is InChI=1S/C14H18N2O2S2/c1-11-3-5-12(6-4-11)10-16(2)20(17,18)14-8-7-13(9-15)19-14/h3-8H,9-10,15H2,1-2H3. The Kier molecular flexibility index (Phi) is 4.59. The molecule has 6 heteroatoms. The summed E-state index contributed by atoms with van der Waals surface area (Å²) < 4.78 is 26.6. The number of hydrogen-bond acceptors (Lipinski definition) is 4. The van der Waals surface area contributed by atoms with Gasteiger partial charge in [-0.25, -0.2) is 8.42 Å². The van der Waals surface area contributed by atoms with Crippen molar-refractivity contribution < 1.29 is 8.42 Å². The number of sulfonamides is 1. The quantitative estimate of drug-likeness (QED) is 0.922. The third-order valence-electron chi connectivity index (χ3n) is 3.03. The lowest BCUT2D eigenvalue weighted by Crippen LogP contribution is -2.25. The van der Waals surface area contributed by atoms with E-state index in [1.165, 1.54) is 15.6 Å². The number of nitrogens with zero attached hydrogens (tertiary/aromatic N) is 1.